The maximum Gasteiger partial charge on any atom is 0.133 e. The van der Waals surface area contributed by atoms with Gasteiger partial charge in [0, 0.05) is 35.8 Å². The van der Waals surface area contributed by atoms with Crippen LogP contribution in [0.5, 0.6) is 0 Å². The van der Waals surface area contributed by atoms with Gasteiger partial charge in [0.2, 0.25) is 0 Å². The second-order valence-corrected chi connectivity index (χ2v) is 7.37. The molecule has 0 aliphatic rings. The first-order chi connectivity index (χ1) is 9.88. The molecule has 114 valence electrons. The van der Waals surface area contributed by atoms with Gasteiger partial charge in [-0.05, 0) is 45.2 Å². The molecule has 0 fully saturated rings. The van der Waals surface area contributed by atoms with Crippen LogP contribution in [0.1, 0.15) is 44.2 Å². The van der Waals surface area contributed by atoms with E-state index in [2.05, 4.69) is 73.5 Å². The molecule has 1 atom stereocenters. The molecule has 0 spiro atoms. The van der Waals surface area contributed by atoms with E-state index in [0.29, 0.717) is 6.04 Å². The summed E-state index contributed by atoms with van der Waals surface area (Å²) in [6.45, 7) is 9.60. The Hall–Kier alpha value is -1.39. The monoisotopic (exact) mass is 303 g/mol. The minimum absolute atomic E-state index is 0.102. The lowest BCUT2D eigenvalue weighted by Gasteiger charge is -2.28. The molecular formula is C17H25N3S. The number of anilines is 1. The standard InChI is InChI=1S/C17H25N3S/c1-13(15-9-7-11-21-15)20(5)16-14(8-6-10-18-16)12-19-17(2,3)4/h6-11,13,19H,12H2,1-5H3. The van der Waals surface area contributed by atoms with Crippen molar-refractivity contribution in [1.29, 1.82) is 0 Å². The Balaban J connectivity index is 2.19. The van der Waals surface area contributed by atoms with Crippen LogP contribution < -0.4 is 10.2 Å². The molecule has 21 heavy (non-hydrogen) atoms. The normalized spacial score (nSPS) is 13.2. The van der Waals surface area contributed by atoms with Gasteiger partial charge < -0.3 is 10.2 Å². The molecule has 1 unspecified atom stereocenters. The molecule has 4 heteroatoms. The van der Waals surface area contributed by atoms with Gasteiger partial charge in [-0.1, -0.05) is 12.1 Å². The number of aromatic nitrogens is 1. The van der Waals surface area contributed by atoms with Crippen molar-refractivity contribution in [3.8, 4) is 0 Å². The Labute approximate surface area is 132 Å². The number of nitrogens with zero attached hydrogens (tertiary/aromatic N) is 2. The van der Waals surface area contributed by atoms with E-state index in [1.54, 1.807) is 11.3 Å². The van der Waals surface area contributed by atoms with Gasteiger partial charge in [0.05, 0.1) is 6.04 Å². The van der Waals surface area contributed by atoms with Gasteiger partial charge in [-0.15, -0.1) is 11.3 Å². The van der Waals surface area contributed by atoms with E-state index in [9.17, 15) is 0 Å². The molecule has 0 aliphatic carbocycles. The highest BCUT2D eigenvalue weighted by molar-refractivity contribution is 7.10. The summed E-state index contributed by atoms with van der Waals surface area (Å²) in [4.78, 5) is 8.22. The number of hydrogen-bond donors (Lipinski definition) is 1. The van der Waals surface area contributed by atoms with Gasteiger partial charge in [0.15, 0.2) is 0 Å². The largest absolute Gasteiger partial charge is 0.352 e. The van der Waals surface area contributed by atoms with Crippen molar-refractivity contribution < 1.29 is 0 Å². The Morgan fingerprint density at radius 1 is 1.29 bits per heavy atom. The van der Waals surface area contributed by atoms with Gasteiger partial charge in [0.1, 0.15) is 5.82 Å². The third-order valence-electron chi connectivity index (χ3n) is 3.55. The highest BCUT2D eigenvalue weighted by Gasteiger charge is 2.18. The molecule has 2 heterocycles. The lowest BCUT2D eigenvalue weighted by molar-refractivity contribution is 0.424. The number of rotatable bonds is 5. The predicted molar refractivity (Wildman–Crippen MR) is 92.0 cm³/mol. The van der Waals surface area contributed by atoms with Crippen LogP contribution in [0.3, 0.4) is 0 Å². The van der Waals surface area contributed by atoms with Crippen LogP contribution in [0.2, 0.25) is 0 Å². The summed E-state index contributed by atoms with van der Waals surface area (Å²) in [5.41, 5.74) is 1.34. The molecule has 0 radical (unpaired) electrons. The third-order valence-corrected chi connectivity index (χ3v) is 4.59. The van der Waals surface area contributed by atoms with Crippen LogP contribution in [-0.4, -0.2) is 17.6 Å². The van der Waals surface area contributed by atoms with Crippen molar-refractivity contribution in [3.05, 3.63) is 46.3 Å². The zero-order valence-corrected chi connectivity index (χ0v) is 14.4. The smallest absolute Gasteiger partial charge is 0.133 e. The van der Waals surface area contributed by atoms with Gasteiger partial charge in [-0.3, -0.25) is 0 Å². The van der Waals surface area contributed by atoms with E-state index in [4.69, 9.17) is 0 Å². The van der Waals surface area contributed by atoms with Crippen LogP contribution >= 0.6 is 11.3 Å². The zero-order valence-electron chi connectivity index (χ0n) is 13.6. The summed E-state index contributed by atoms with van der Waals surface area (Å²) in [5, 5.41) is 5.67. The maximum atomic E-state index is 4.60. The summed E-state index contributed by atoms with van der Waals surface area (Å²) in [6.07, 6.45) is 1.87. The molecule has 2 aromatic heterocycles. The number of nitrogens with one attached hydrogen (secondary N) is 1. The summed E-state index contributed by atoms with van der Waals surface area (Å²) in [7, 11) is 2.12. The van der Waals surface area contributed by atoms with Crippen molar-refractivity contribution in [1.82, 2.24) is 10.3 Å². The van der Waals surface area contributed by atoms with Crippen LogP contribution in [0.25, 0.3) is 0 Å². The molecular weight excluding hydrogens is 278 g/mol. The first-order valence-corrected chi connectivity index (χ1v) is 8.21. The Morgan fingerprint density at radius 2 is 2.05 bits per heavy atom. The fourth-order valence-electron chi connectivity index (χ4n) is 2.15. The summed E-state index contributed by atoms with van der Waals surface area (Å²) < 4.78 is 0. The van der Waals surface area contributed by atoms with Crippen LogP contribution in [0, 0.1) is 0 Å². The molecule has 0 saturated carbocycles. The Morgan fingerprint density at radius 3 is 2.67 bits per heavy atom. The first-order valence-electron chi connectivity index (χ1n) is 7.33. The van der Waals surface area contributed by atoms with E-state index >= 15 is 0 Å². The van der Waals surface area contributed by atoms with Gasteiger partial charge >= 0.3 is 0 Å². The van der Waals surface area contributed by atoms with E-state index in [0.717, 1.165) is 12.4 Å². The first kappa shape index (κ1) is 16.0. The highest BCUT2D eigenvalue weighted by atomic mass is 32.1. The van der Waals surface area contributed by atoms with Crippen LogP contribution in [0.4, 0.5) is 5.82 Å². The lowest BCUT2D eigenvalue weighted by Crippen LogP contribution is -2.35. The molecule has 0 amide bonds. The number of thiophene rings is 1. The molecule has 0 bridgehead atoms. The number of pyridine rings is 1. The molecule has 0 aliphatic heterocycles. The van der Waals surface area contributed by atoms with E-state index in [1.807, 2.05) is 12.3 Å². The van der Waals surface area contributed by atoms with Gasteiger partial charge in [-0.25, -0.2) is 4.98 Å². The van der Waals surface area contributed by atoms with Crippen molar-refractivity contribution >= 4 is 17.2 Å². The zero-order chi connectivity index (χ0) is 15.5. The highest BCUT2D eigenvalue weighted by Crippen LogP contribution is 2.29. The molecule has 2 aromatic rings. The van der Waals surface area contributed by atoms with E-state index in [1.165, 1.54) is 10.4 Å². The number of hydrogen-bond acceptors (Lipinski definition) is 4. The van der Waals surface area contributed by atoms with Crippen molar-refractivity contribution in [2.45, 2.75) is 45.8 Å². The maximum absolute atomic E-state index is 4.60. The third kappa shape index (κ3) is 4.29. The summed E-state index contributed by atoms with van der Waals surface area (Å²) in [6, 6.07) is 8.77. The SMILES string of the molecule is CC(c1cccs1)N(C)c1ncccc1CNC(C)(C)C. The average Bonchev–Trinajstić information content (AvgIpc) is 2.97. The lowest BCUT2D eigenvalue weighted by atomic mass is 10.1. The van der Waals surface area contributed by atoms with E-state index in [-0.39, 0.29) is 5.54 Å². The Bertz CT molecular complexity index is 558. The van der Waals surface area contributed by atoms with Crippen molar-refractivity contribution in [2.24, 2.45) is 0 Å². The van der Waals surface area contributed by atoms with Gasteiger partial charge in [0.25, 0.3) is 0 Å². The van der Waals surface area contributed by atoms with Crippen LogP contribution in [0.15, 0.2) is 35.8 Å². The summed E-state index contributed by atoms with van der Waals surface area (Å²) >= 11 is 1.79. The molecule has 0 aromatic carbocycles. The fraction of sp³-hybridized carbons (Fsp3) is 0.471. The molecule has 1 N–H and O–H groups in total. The summed E-state index contributed by atoms with van der Waals surface area (Å²) in [5.74, 6) is 1.05. The fourth-order valence-corrected chi connectivity index (χ4v) is 2.98. The van der Waals surface area contributed by atoms with Gasteiger partial charge in [-0.2, -0.15) is 0 Å². The van der Waals surface area contributed by atoms with E-state index < -0.39 is 0 Å². The van der Waals surface area contributed by atoms with Crippen molar-refractivity contribution in [3.63, 3.8) is 0 Å². The topological polar surface area (TPSA) is 28.2 Å². The second-order valence-electron chi connectivity index (χ2n) is 6.39. The van der Waals surface area contributed by atoms with Crippen molar-refractivity contribution in [2.75, 3.05) is 11.9 Å². The quantitative estimate of drug-likeness (QED) is 0.896. The molecule has 0 saturated heterocycles. The average molecular weight is 303 g/mol. The Kier molecular flexibility index (Phi) is 5.01. The molecule has 2 rings (SSSR count). The second kappa shape index (κ2) is 6.58. The minimum atomic E-state index is 0.102. The minimum Gasteiger partial charge on any atom is -0.352 e. The van der Waals surface area contributed by atoms with Crippen LogP contribution in [-0.2, 0) is 6.54 Å². The predicted octanol–water partition coefficient (Wildman–Crippen LogP) is 4.23. The molecule has 3 nitrogen and oxygen atoms in total.